The molecule has 24 heavy (non-hydrogen) atoms. The number of nitrogens with one attached hydrogen (secondary N) is 2. The van der Waals surface area contributed by atoms with Gasteiger partial charge in [-0.25, -0.2) is 4.98 Å². The lowest BCUT2D eigenvalue weighted by atomic mass is 10.3. The Morgan fingerprint density at radius 2 is 2.08 bits per heavy atom. The molecular weight excluding hydrogens is 433 g/mol. The molecule has 2 N–H and O–H groups in total. The molecule has 0 bridgehead atoms. The zero-order chi connectivity index (χ0) is 16.7. The molecule has 0 amide bonds. The number of aliphatic imine (C=N–C) groups is 1. The first kappa shape index (κ1) is 21.6. The van der Waals surface area contributed by atoms with E-state index in [1.54, 1.807) is 0 Å². The van der Waals surface area contributed by atoms with Gasteiger partial charge in [-0.1, -0.05) is 6.92 Å². The van der Waals surface area contributed by atoms with Gasteiger partial charge in [0, 0.05) is 56.3 Å². The fraction of sp³-hybridized carbons (Fsp3) is 0.765. The zero-order valence-corrected chi connectivity index (χ0v) is 18.5. The third-order valence-electron chi connectivity index (χ3n) is 4.15. The average Bonchev–Trinajstić information content (AvgIpc) is 3.27. The fourth-order valence-electron chi connectivity index (χ4n) is 2.71. The standard InChI is InChI=1S/C17H31N5S.HI/c1-5-15-12-21-16(23-15)8-9-19-17(18-4)20-10-11-22(13(2)3)14-6-7-14;/h12-14H,5-11H2,1-4H3,(H2,18,19,20);1H. The van der Waals surface area contributed by atoms with E-state index in [4.69, 9.17) is 0 Å². The van der Waals surface area contributed by atoms with Gasteiger partial charge >= 0.3 is 0 Å². The van der Waals surface area contributed by atoms with Crippen molar-refractivity contribution in [3.05, 3.63) is 16.1 Å². The predicted molar refractivity (Wildman–Crippen MR) is 115 cm³/mol. The second kappa shape index (κ2) is 11.3. The van der Waals surface area contributed by atoms with Gasteiger partial charge in [0.05, 0.1) is 5.01 Å². The molecule has 1 heterocycles. The molecule has 0 saturated heterocycles. The first-order chi connectivity index (χ1) is 11.1. The maximum Gasteiger partial charge on any atom is 0.191 e. The van der Waals surface area contributed by atoms with Crippen molar-refractivity contribution in [2.75, 3.05) is 26.7 Å². The third kappa shape index (κ3) is 7.23. The van der Waals surface area contributed by atoms with E-state index in [1.165, 1.54) is 22.7 Å². The summed E-state index contributed by atoms with van der Waals surface area (Å²) in [5, 5.41) is 8.00. The SMILES string of the molecule is CCc1cnc(CCNC(=NC)NCCN(C(C)C)C2CC2)s1.I. The largest absolute Gasteiger partial charge is 0.356 e. The molecular formula is C17H32IN5S. The molecule has 0 unspecified atom stereocenters. The monoisotopic (exact) mass is 465 g/mol. The molecule has 2 rings (SSSR count). The van der Waals surface area contributed by atoms with Gasteiger partial charge in [0.25, 0.3) is 0 Å². The van der Waals surface area contributed by atoms with Crippen LogP contribution >= 0.6 is 35.3 Å². The molecule has 0 atom stereocenters. The van der Waals surface area contributed by atoms with Gasteiger partial charge in [0.15, 0.2) is 5.96 Å². The smallest absolute Gasteiger partial charge is 0.191 e. The van der Waals surface area contributed by atoms with Crippen LogP contribution in [0.4, 0.5) is 0 Å². The molecule has 1 fully saturated rings. The Labute approximate surface area is 167 Å². The van der Waals surface area contributed by atoms with Crippen molar-refractivity contribution in [2.24, 2.45) is 4.99 Å². The van der Waals surface area contributed by atoms with E-state index in [0.717, 1.165) is 44.5 Å². The summed E-state index contributed by atoms with van der Waals surface area (Å²) in [6, 6.07) is 1.43. The van der Waals surface area contributed by atoms with Crippen molar-refractivity contribution in [1.29, 1.82) is 0 Å². The van der Waals surface area contributed by atoms with Crippen molar-refractivity contribution in [1.82, 2.24) is 20.5 Å². The number of hydrogen-bond donors (Lipinski definition) is 2. The zero-order valence-electron chi connectivity index (χ0n) is 15.3. The van der Waals surface area contributed by atoms with Gasteiger partial charge in [-0.2, -0.15) is 0 Å². The molecule has 0 radical (unpaired) electrons. The van der Waals surface area contributed by atoms with E-state index in [0.29, 0.717) is 6.04 Å². The van der Waals surface area contributed by atoms with Crippen LogP contribution in [0.3, 0.4) is 0 Å². The average molecular weight is 465 g/mol. The molecule has 0 aromatic carbocycles. The van der Waals surface area contributed by atoms with E-state index in [9.17, 15) is 0 Å². The second-order valence-corrected chi connectivity index (χ2v) is 7.51. The Morgan fingerprint density at radius 3 is 2.62 bits per heavy atom. The maximum absolute atomic E-state index is 4.45. The van der Waals surface area contributed by atoms with Crippen LogP contribution in [0.5, 0.6) is 0 Å². The van der Waals surface area contributed by atoms with E-state index in [2.05, 4.69) is 46.3 Å². The van der Waals surface area contributed by atoms with Crippen LogP contribution < -0.4 is 10.6 Å². The highest BCUT2D eigenvalue weighted by Crippen LogP contribution is 2.27. The van der Waals surface area contributed by atoms with Crippen molar-refractivity contribution in [2.45, 2.75) is 58.5 Å². The summed E-state index contributed by atoms with van der Waals surface area (Å²) in [6.07, 6.45) is 6.73. The summed E-state index contributed by atoms with van der Waals surface area (Å²) in [5.74, 6) is 0.886. The fourth-order valence-corrected chi connectivity index (χ4v) is 3.57. The Hall–Kier alpha value is -0.410. The number of rotatable bonds is 9. The van der Waals surface area contributed by atoms with E-state index >= 15 is 0 Å². The summed E-state index contributed by atoms with van der Waals surface area (Å²) < 4.78 is 0. The molecule has 1 aromatic rings. The normalized spacial score (nSPS) is 14.8. The predicted octanol–water partition coefficient (Wildman–Crippen LogP) is 2.90. The number of halogens is 1. The highest BCUT2D eigenvalue weighted by Gasteiger charge is 2.30. The molecule has 1 aliphatic carbocycles. The third-order valence-corrected chi connectivity index (χ3v) is 5.35. The van der Waals surface area contributed by atoms with Crippen molar-refractivity contribution >= 4 is 41.3 Å². The summed E-state index contributed by atoms with van der Waals surface area (Å²) >= 11 is 1.81. The van der Waals surface area contributed by atoms with Gasteiger partial charge in [-0.15, -0.1) is 35.3 Å². The topological polar surface area (TPSA) is 52.6 Å². The molecule has 1 aromatic heterocycles. The van der Waals surface area contributed by atoms with Crippen LogP contribution in [0.2, 0.25) is 0 Å². The van der Waals surface area contributed by atoms with Gasteiger partial charge in [0.2, 0.25) is 0 Å². The summed E-state index contributed by atoms with van der Waals surface area (Å²) in [5.41, 5.74) is 0. The Morgan fingerprint density at radius 1 is 1.38 bits per heavy atom. The molecule has 7 heteroatoms. The van der Waals surface area contributed by atoms with Crippen LogP contribution in [0, 0.1) is 0 Å². The maximum atomic E-state index is 4.45. The van der Waals surface area contributed by atoms with Crippen LogP contribution in [0.1, 0.15) is 43.5 Å². The van der Waals surface area contributed by atoms with Gasteiger partial charge < -0.3 is 10.6 Å². The van der Waals surface area contributed by atoms with Crippen LogP contribution in [-0.4, -0.2) is 54.6 Å². The number of aryl methyl sites for hydroxylation is 1. The number of aromatic nitrogens is 1. The van der Waals surface area contributed by atoms with Gasteiger partial charge in [-0.05, 0) is 33.1 Å². The minimum absolute atomic E-state index is 0. The van der Waals surface area contributed by atoms with E-state index < -0.39 is 0 Å². The summed E-state index contributed by atoms with van der Waals surface area (Å²) in [4.78, 5) is 12.7. The van der Waals surface area contributed by atoms with Gasteiger partial charge in [-0.3, -0.25) is 9.89 Å². The molecule has 138 valence electrons. The molecule has 0 spiro atoms. The Kier molecular flexibility index (Phi) is 10.1. The van der Waals surface area contributed by atoms with E-state index in [-0.39, 0.29) is 24.0 Å². The lowest BCUT2D eigenvalue weighted by Gasteiger charge is -2.26. The lowest BCUT2D eigenvalue weighted by Crippen LogP contribution is -2.44. The van der Waals surface area contributed by atoms with Crippen molar-refractivity contribution < 1.29 is 0 Å². The van der Waals surface area contributed by atoms with Crippen LogP contribution in [0.15, 0.2) is 11.2 Å². The quantitative estimate of drug-likeness (QED) is 0.335. The highest BCUT2D eigenvalue weighted by molar-refractivity contribution is 14.0. The Balaban J connectivity index is 0.00000288. The summed E-state index contributed by atoms with van der Waals surface area (Å²) in [6.45, 7) is 9.62. The van der Waals surface area contributed by atoms with Crippen molar-refractivity contribution in [3.8, 4) is 0 Å². The van der Waals surface area contributed by atoms with Crippen LogP contribution in [0.25, 0.3) is 0 Å². The Bertz CT molecular complexity index is 497. The molecule has 5 nitrogen and oxygen atoms in total. The molecule has 0 aliphatic heterocycles. The van der Waals surface area contributed by atoms with Crippen LogP contribution in [-0.2, 0) is 12.8 Å². The minimum atomic E-state index is 0. The number of thiazole rings is 1. The first-order valence-electron chi connectivity index (χ1n) is 8.77. The van der Waals surface area contributed by atoms with Gasteiger partial charge in [0.1, 0.15) is 0 Å². The molecule has 1 aliphatic rings. The summed E-state index contributed by atoms with van der Waals surface area (Å²) in [7, 11) is 1.83. The number of hydrogen-bond acceptors (Lipinski definition) is 4. The first-order valence-corrected chi connectivity index (χ1v) is 9.59. The minimum Gasteiger partial charge on any atom is -0.356 e. The van der Waals surface area contributed by atoms with E-state index in [1.807, 2.05) is 24.6 Å². The number of nitrogens with zero attached hydrogens (tertiary/aromatic N) is 3. The number of guanidine groups is 1. The lowest BCUT2D eigenvalue weighted by molar-refractivity contribution is 0.215. The van der Waals surface area contributed by atoms with Crippen molar-refractivity contribution in [3.63, 3.8) is 0 Å². The highest BCUT2D eigenvalue weighted by atomic mass is 127. The molecule has 1 saturated carbocycles. The second-order valence-electron chi connectivity index (χ2n) is 6.31.